The maximum Gasteiger partial charge on any atom is 1.00 e. The van der Waals surface area contributed by atoms with Gasteiger partial charge in [-0.3, -0.25) is 0 Å². The van der Waals surface area contributed by atoms with Crippen molar-refractivity contribution in [2.24, 2.45) is 0 Å². The first-order chi connectivity index (χ1) is 9.47. The monoisotopic (exact) mass is 326 g/mol. The Morgan fingerprint density at radius 3 is 2.67 bits per heavy atom. The quantitative estimate of drug-likeness (QED) is 0.369. The molecule has 0 aliphatic heterocycles. The van der Waals surface area contributed by atoms with Gasteiger partial charge in [0.25, 0.3) is 5.76 Å². The van der Waals surface area contributed by atoms with Crippen molar-refractivity contribution >= 4 is 29.4 Å². The molecule has 0 fully saturated rings. The van der Waals surface area contributed by atoms with Crippen molar-refractivity contribution in [1.29, 1.82) is 0 Å². The normalized spacial score (nSPS) is 9.86. The number of nitrogens with one attached hydrogen (secondary N) is 2. The summed E-state index contributed by atoms with van der Waals surface area (Å²) >= 11 is 0.387. The summed E-state index contributed by atoms with van der Waals surface area (Å²) in [5.41, 5.74) is 0.382. The number of anilines is 1. The number of halogens is 2. The number of benzene rings is 1. The van der Waals surface area contributed by atoms with Crippen molar-refractivity contribution in [3.05, 3.63) is 24.3 Å². The van der Waals surface area contributed by atoms with Gasteiger partial charge in [0.2, 0.25) is 0 Å². The molecule has 1 aromatic carbocycles. The van der Waals surface area contributed by atoms with E-state index in [9.17, 15) is 23.5 Å². The molecule has 110 valence electrons. The molecular weight excluding hydrogens is 313 g/mol. The summed E-state index contributed by atoms with van der Waals surface area (Å²) in [4.78, 5) is 22.0. The Bertz CT molecular complexity index is 478. The third-order valence-corrected chi connectivity index (χ3v) is 2.86. The van der Waals surface area contributed by atoms with E-state index < -0.39 is 17.8 Å². The van der Waals surface area contributed by atoms with Gasteiger partial charge in [-0.2, -0.15) is 8.78 Å². The molecule has 21 heavy (non-hydrogen) atoms. The van der Waals surface area contributed by atoms with Crippen LogP contribution in [0.15, 0.2) is 29.2 Å². The number of rotatable bonds is 7. The number of carbonyl (C=O) groups is 2. The second-order valence-corrected chi connectivity index (χ2v) is 4.83. The largest absolute Gasteiger partial charge is 1.00 e. The van der Waals surface area contributed by atoms with Gasteiger partial charge >= 0.3 is 35.6 Å². The fourth-order valence-electron chi connectivity index (χ4n) is 1.36. The average Bonchev–Trinajstić information content (AvgIpc) is 2.34. The maximum atomic E-state index is 12.2. The van der Waals surface area contributed by atoms with Gasteiger partial charge in [0.15, 0.2) is 0 Å². The number of aliphatic carboxylic acids is 1. The molecule has 0 aliphatic rings. The number of hydrogen-bond donors (Lipinski definition) is 2. The average molecular weight is 326 g/mol. The summed E-state index contributed by atoms with van der Waals surface area (Å²) in [6.45, 7) is 0.186. The van der Waals surface area contributed by atoms with Gasteiger partial charge < -0.3 is 20.5 Å². The number of carboxylic acid groups (broad SMARTS) is 1. The van der Waals surface area contributed by atoms with Crippen molar-refractivity contribution in [1.82, 2.24) is 5.32 Å². The van der Waals surface area contributed by atoms with Crippen LogP contribution >= 0.6 is 11.8 Å². The van der Waals surface area contributed by atoms with E-state index in [1.54, 1.807) is 12.1 Å². The first kappa shape index (κ1) is 20.2. The van der Waals surface area contributed by atoms with Crippen molar-refractivity contribution in [3.63, 3.8) is 0 Å². The van der Waals surface area contributed by atoms with E-state index in [-0.39, 0.29) is 48.9 Å². The van der Waals surface area contributed by atoms with Gasteiger partial charge in [-0.1, -0.05) is 17.8 Å². The molecule has 9 heteroatoms. The van der Waals surface area contributed by atoms with E-state index in [1.807, 2.05) is 0 Å². The zero-order valence-corrected chi connectivity index (χ0v) is 14.2. The van der Waals surface area contributed by atoms with Crippen LogP contribution in [0.5, 0.6) is 0 Å². The van der Waals surface area contributed by atoms with Gasteiger partial charge in [-0.25, -0.2) is 4.79 Å². The van der Waals surface area contributed by atoms with Crippen LogP contribution in [0.25, 0.3) is 0 Å². The van der Waals surface area contributed by atoms with Gasteiger partial charge in [-0.15, -0.1) is 0 Å². The predicted molar refractivity (Wildman–Crippen MR) is 69.6 cm³/mol. The molecule has 2 amide bonds. The first-order valence-electron chi connectivity index (χ1n) is 5.77. The number of carboxylic acids is 1. The standard InChI is InChI=1S/C12H14F2N2O3S.Na/c13-11(14)20-9-4-1-3-8(7-9)16-12(19)15-6-2-5-10(17)18;/h1,3-4,7,11H,2,5-6H2,(H,17,18)(H2,15,16,19);/q;+1/p-1. The Labute approximate surface area is 147 Å². The Kier molecular flexibility index (Phi) is 10.4. The van der Waals surface area contributed by atoms with E-state index in [0.29, 0.717) is 22.3 Å². The van der Waals surface area contributed by atoms with Gasteiger partial charge in [-0.05, 0) is 31.0 Å². The molecule has 2 N–H and O–H groups in total. The van der Waals surface area contributed by atoms with Crippen LogP contribution in [0.2, 0.25) is 0 Å². The molecule has 0 saturated carbocycles. The minimum Gasteiger partial charge on any atom is -0.550 e. The number of carbonyl (C=O) groups excluding carboxylic acids is 2. The third-order valence-electron chi connectivity index (χ3n) is 2.16. The van der Waals surface area contributed by atoms with Crippen LogP contribution in [0.4, 0.5) is 19.3 Å². The molecular formula is C12H13F2N2NaO3S. The summed E-state index contributed by atoms with van der Waals surface area (Å²) < 4.78 is 24.4. The third kappa shape index (κ3) is 9.67. The molecule has 0 aromatic heterocycles. The number of thioether (sulfide) groups is 1. The second-order valence-electron chi connectivity index (χ2n) is 3.76. The predicted octanol–water partition coefficient (Wildman–Crippen LogP) is -1.34. The van der Waals surface area contributed by atoms with E-state index >= 15 is 0 Å². The molecule has 1 rings (SSSR count). The van der Waals surface area contributed by atoms with E-state index in [4.69, 9.17) is 0 Å². The summed E-state index contributed by atoms with van der Waals surface area (Å²) in [7, 11) is 0. The minimum atomic E-state index is -2.52. The second kappa shape index (κ2) is 10.8. The van der Waals surface area contributed by atoms with Crippen LogP contribution in [0.1, 0.15) is 12.8 Å². The van der Waals surface area contributed by atoms with Gasteiger partial charge in [0.05, 0.1) is 0 Å². The Balaban J connectivity index is 0.00000400. The number of hydrogen-bond acceptors (Lipinski definition) is 4. The van der Waals surface area contributed by atoms with Crippen molar-refractivity contribution < 1.29 is 53.0 Å². The zero-order valence-electron chi connectivity index (χ0n) is 11.4. The molecule has 5 nitrogen and oxygen atoms in total. The molecule has 0 spiro atoms. The van der Waals surface area contributed by atoms with Crippen LogP contribution in [-0.4, -0.2) is 24.3 Å². The van der Waals surface area contributed by atoms with Crippen LogP contribution in [-0.2, 0) is 4.79 Å². The summed E-state index contributed by atoms with van der Waals surface area (Å²) in [5, 5.41) is 15.1. The van der Waals surface area contributed by atoms with Crippen molar-refractivity contribution in [3.8, 4) is 0 Å². The Morgan fingerprint density at radius 1 is 1.33 bits per heavy atom. The number of amides is 2. The molecule has 0 aliphatic carbocycles. The summed E-state index contributed by atoms with van der Waals surface area (Å²) in [6.07, 6.45) is 0.123. The Hall–Kier alpha value is -0.830. The van der Waals surface area contributed by atoms with Gasteiger partial charge in [0.1, 0.15) is 0 Å². The van der Waals surface area contributed by atoms with E-state index in [0.717, 1.165) is 0 Å². The zero-order chi connectivity index (χ0) is 15.0. The fourth-order valence-corrected chi connectivity index (χ4v) is 1.92. The maximum absolute atomic E-state index is 12.2. The fraction of sp³-hybridized carbons (Fsp3) is 0.333. The topological polar surface area (TPSA) is 81.3 Å². The van der Waals surface area contributed by atoms with Crippen molar-refractivity contribution in [2.75, 3.05) is 11.9 Å². The smallest absolute Gasteiger partial charge is 0.550 e. The Morgan fingerprint density at radius 2 is 2.05 bits per heavy atom. The van der Waals surface area contributed by atoms with Crippen molar-refractivity contribution in [2.45, 2.75) is 23.5 Å². The molecule has 0 unspecified atom stereocenters. The number of alkyl halides is 2. The molecule has 0 atom stereocenters. The molecule has 0 radical (unpaired) electrons. The van der Waals surface area contributed by atoms with Crippen LogP contribution < -0.4 is 45.3 Å². The minimum absolute atomic E-state index is 0. The van der Waals surface area contributed by atoms with Crippen LogP contribution in [0, 0.1) is 0 Å². The molecule has 1 aromatic rings. The molecule has 0 heterocycles. The SMILES string of the molecule is O=C([O-])CCCNC(=O)Nc1cccc(SC(F)F)c1.[Na+]. The van der Waals surface area contributed by atoms with E-state index in [1.165, 1.54) is 12.1 Å². The summed E-state index contributed by atoms with van der Waals surface area (Å²) in [5.74, 6) is -3.70. The van der Waals surface area contributed by atoms with E-state index in [2.05, 4.69) is 10.6 Å². The number of urea groups is 1. The molecule has 0 bridgehead atoms. The van der Waals surface area contributed by atoms with Crippen LogP contribution in [0.3, 0.4) is 0 Å². The first-order valence-corrected chi connectivity index (χ1v) is 6.65. The summed E-state index contributed by atoms with van der Waals surface area (Å²) in [6, 6.07) is 5.53. The van der Waals surface area contributed by atoms with Gasteiger partial charge in [0, 0.05) is 23.1 Å². The molecule has 0 saturated heterocycles.